The molecule has 0 saturated carbocycles. The average Bonchev–Trinajstić information content (AvgIpc) is 2.36. The summed E-state index contributed by atoms with van der Waals surface area (Å²) in [4.78, 5) is 13.8. The second-order valence-corrected chi connectivity index (χ2v) is 6.96. The Morgan fingerprint density at radius 1 is 1.45 bits per heavy atom. The highest BCUT2D eigenvalue weighted by molar-refractivity contribution is 7.92. The first-order valence-corrected chi connectivity index (χ1v) is 8.72. The van der Waals surface area contributed by atoms with E-state index in [9.17, 15) is 18.3 Å². The third kappa shape index (κ3) is 5.60. The molecule has 2 rings (SSSR count). The van der Waals surface area contributed by atoms with E-state index in [2.05, 4.69) is 15.4 Å². The fraction of sp³-hybridized carbons (Fsp3) is 0.462. The van der Waals surface area contributed by atoms with Crippen LogP contribution < -0.4 is 15.4 Å². The summed E-state index contributed by atoms with van der Waals surface area (Å²) in [6.45, 7) is 1.87. The minimum atomic E-state index is -3.36. The number of sulfonamides is 1. The molecule has 0 spiro atoms. The van der Waals surface area contributed by atoms with E-state index in [0.717, 1.165) is 6.26 Å². The number of β-amino-alcohol motifs (C(OH)–C–C–N with tert-alkyl or cyclic N) is 1. The average molecular weight is 328 g/mol. The summed E-state index contributed by atoms with van der Waals surface area (Å²) in [5, 5.41) is 15.1. The zero-order valence-corrected chi connectivity index (χ0v) is 13.1. The maximum absolute atomic E-state index is 12.0. The van der Waals surface area contributed by atoms with Gasteiger partial charge >= 0.3 is 0 Å². The van der Waals surface area contributed by atoms with Crippen molar-refractivity contribution in [1.29, 1.82) is 0 Å². The number of carbonyl (C=O) groups is 1. The van der Waals surface area contributed by atoms with Crippen LogP contribution >= 0.6 is 0 Å². The maximum atomic E-state index is 12.0. The molecular formula is C13H20N4O4S. The van der Waals surface area contributed by atoms with E-state index in [4.69, 9.17) is 0 Å². The molecule has 1 aromatic rings. The summed E-state index contributed by atoms with van der Waals surface area (Å²) in [6, 6.07) is 6.48. The second-order valence-electron chi connectivity index (χ2n) is 5.21. The molecular weight excluding hydrogens is 308 g/mol. The monoisotopic (exact) mass is 328 g/mol. The van der Waals surface area contributed by atoms with Crippen LogP contribution in [0.4, 0.5) is 11.4 Å². The Morgan fingerprint density at radius 3 is 2.86 bits per heavy atom. The van der Waals surface area contributed by atoms with E-state index < -0.39 is 16.3 Å². The molecule has 1 aliphatic heterocycles. The number of hydrogen-bond acceptors (Lipinski definition) is 6. The van der Waals surface area contributed by atoms with Crippen LogP contribution in [0.1, 0.15) is 0 Å². The SMILES string of the molecule is CS(=O)(=O)Nc1cccc(NC(=O)CN2CCNC(O)C2)c1. The van der Waals surface area contributed by atoms with E-state index in [1.165, 1.54) is 0 Å². The third-order valence-electron chi connectivity index (χ3n) is 3.06. The highest BCUT2D eigenvalue weighted by Crippen LogP contribution is 2.16. The Kier molecular flexibility index (Phi) is 5.35. The highest BCUT2D eigenvalue weighted by Gasteiger charge is 2.19. The van der Waals surface area contributed by atoms with E-state index in [-0.39, 0.29) is 12.5 Å². The molecule has 1 unspecified atom stereocenters. The van der Waals surface area contributed by atoms with Crippen molar-refractivity contribution in [1.82, 2.24) is 10.2 Å². The fourth-order valence-corrected chi connectivity index (χ4v) is 2.77. The van der Waals surface area contributed by atoms with Gasteiger partial charge in [0.05, 0.1) is 18.5 Å². The minimum Gasteiger partial charge on any atom is -0.377 e. The molecule has 9 heteroatoms. The molecule has 1 amide bonds. The van der Waals surface area contributed by atoms with Gasteiger partial charge in [0.15, 0.2) is 0 Å². The van der Waals surface area contributed by atoms with E-state index in [1.807, 2.05) is 4.90 Å². The third-order valence-corrected chi connectivity index (χ3v) is 3.66. The van der Waals surface area contributed by atoms with Crippen molar-refractivity contribution in [2.24, 2.45) is 0 Å². The number of nitrogens with zero attached hydrogens (tertiary/aromatic N) is 1. The van der Waals surface area contributed by atoms with Crippen molar-refractivity contribution in [2.45, 2.75) is 6.23 Å². The number of benzene rings is 1. The molecule has 1 saturated heterocycles. The molecule has 1 aliphatic rings. The topological polar surface area (TPSA) is 111 Å². The first-order chi connectivity index (χ1) is 10.3. The van der Waals surface area contributed by atoms with Gasteiger partial charge in [0.2, 0.25) is 15.9 Å². The lowest BCUT2D eigenvalue weighted by Gasteiger charge is -2.30. The highest BCUT2D eigenvalue weighted by atomic mass is 32.2. The quantitative estimate of drug-likeness (QED) is 0.564. The van der Waals surface area contributed by atoms with Crippen LogP contribution in [0.15, 0.2) is 24.3 Å². The summed E-state index contributed by atoms with van der Waals surface area (Å²) >= 11 is 0. The lowest BCUT2D eigenvalue weighted by atomic mass is 10.2. The van der Waals surface area contributed by atoms with Gasteiger partial charge in [0.1, 0.15) is 6.23 Å². The number of aliphatic hydroxyl groups excluding tert-OH is 1. The van der Waals surface area contributed by atoms with Crippen LogP contribution in [0, 0.1) is 0 Å². The summed E-state index contributed by atoms with van der Waals surface area (Å²) in [6.07, 6.45) is 0.442. The van der Waals surface area contributed by atoms with Gasteiger partial charge in [-0.15, -0.1) is 0 Å². The van der Waals surface area contributed by atoms with Gasteiger partial charge in [-0.3, -0.25) is 19.7 Å². The van der Waals surface area contributed by atoms with Crippen LogP contribution in [0.25, 0.3) is 0 Å². The summed E-state index contributed by atoms with van der Waals surface area (Å²) < 4.78 is 24.7. The van der Waals surface area contributed by atoms with Gasteiger partial charge in [-0.05, 0) is 18.2 Å². The van der Waals surface area contributed by atoms with Gasteiger partial charge in [-0.25, -0.2) is 8.42 Å². The first kappa shape index (κ1) is 16.7. The minimum absolute atomic E-state index is 0.169. The normalized spacial score (nSPS) is 19.6. The molecule has 0 bridgehead atoms. The van der Waals surface area contributed by atoms with Gasteiger partial charge in [-0.1, -0.05) is 6.07 Å². The molecule has 1 fully saturated rings. The fourth-order valence-electron chi connectivity index (χ4n) is 2.21. The number of anilines is 2. The molecule has 1 heterocycles. The number of aliphatic hydroxyl groups is 1. The lowest BCUT2D eigenvalue weighted by Crippen LogP contribution is -2.52. The zero-order chi connectivity index (χ0) is 16.2. The van der Waals surface area contributed by atoms with Crippen LogP contribution in [0.3, 0.4) is 0 Å². The molecule has 122 valence electrons. The van der Waals surface area contributed by atoms with Crippen molar-refractivity contribution in [3.05, 3.63) is 24.3 Å². The Labute approximate surface area is 129 Å². The van der Waals surface area contributed by atoms with Crippen molar-refractivity contribution in [3.63, 3.8) is 0 Å². The molecule has 0 radical (unpaired) electrons. The number of piperazine rings is 1. The van der Waals surface area contributed by atoms with Crippen molar-refractivity contribution < 1.29 is 18.3 Å². The molecule has 4 N–H and O–H groups in total. The molecule has 8 nitrogen and oxygen atoms in total. The predicted octanol–water partition coefficient (Wildman–Crippen LogP) is -0.780. The number of hydrogen-bond donors (Lipinski definition) is 4. The van der Waals surface area contributed by atoms with Gasteiger partial charge in [0, 0.05) is 25.3 Å². The Hall–Kier alpha value is -1.68. The standard InChI is InChI=1S/C13H20N4O4S/c1-22(20,21)16-11-4-2-3-10(7-11)15-13(19)9-17-6-5-14-12(18)8-17/h2-4,7,12,14,16,18H,5-6,8-9H2,1H3,(H,15,19). The summed E-state index contributed by atoms with van der Waals surface area (Å²) in [7, 11) is -3.36. The van der Waals surface area contributed by atoms with E-state index in [0.29, 0.717) is 31.0 Å². The van der Waals surface area contributed by atoms with E-state index in [1.54, 1.807) is 24.3 Å². The maximum Gasteiger partial charge on any atom is 0.238 e. The Balaban J connectivity index is 1.92. The van der Waals surface area contributed by atoms with Gasteiger partial charge in [-0.2, -0.15) is 0 Å². The van der Waals surface area contributed by atoms with E-state index >= 15 is 0 Å². The number of nitrogens with one attached hydrogen (secondary N) is 3. The van der Waals surface area contributed by atoms with Crippen molar-refractivity contribution >= 4 is 27.3 Å². The molecule has 22 heavy (non-hydrogen) atoms. The number of rotatable bonds is 5. The van der Waals surface area contributed by atoms with Crippen LogP contribution in [-0.2, 0) is 14.8 Å². The Morgan fingerprint density at radius 2 is 2.18 bits per heavy atom. The first-order valence-electron chi connectivity index (χ1n) is 6.83. The molecule has 0 aliphatic carbocycles. The second kappa shape index (κ2) is 7.05. The number of amides is 1. The van der Waals surface area contributed by atoms with Gasteiger partial charge in [0.25, 0.3) is 0 Å². The van der Waals surface area contributed by atoms with Crippen molar-refractivity contribution in [3.8, 4) is 0 Å². The van der Waals surface area contributed by atoms with Crippen LogP contribution in [-0.4, -0.2) is 63.0 Å². The predicted molar refractivity (Wildman–Crippen MR) is 84.0 cm³/mol. The van der Waals surface area contributed by atoms with Crippen molar-refractivity contribution in [2.75, 3.05) is 42.5 Å². The summed E-state index contributed by atoms with van der Waals surface area (Å²) in [5.41, 5.74) is 0.896. The van der Waals surface area contributed by atoms with Gasteiger partial charge < -0.3 is 10.4 Å². The lowest BCUT2D eigenvalue weighted by molar-refractivity contribution is -0.118. The molecule has 1 atom stereocenters. The Bertz CT molecular complexity index is 635. The van der Waals surface area contributed by atoms with Crippen LogP contribution in [0.5, 0.6) is 0 Å². The summed E-state index contributed by atoms with van der Waals surface area (Å²) in [5.74, 6) is -0.217. The molecule has 0 aromatic heterocycles. The molecule has 1 aromatic carbocycles. The van der Waals surface area contributed by atoms with Crippen LogP contribution in [0.2, 0.25) is 0 Å². The zero-order valence-electron chi connectivity index (χ0n) is 12.2. The largest absolute Gasteiger partial charge is 0.377 e. The smallest absolute Gasteiger partial charge is 0.238 e. The number of carbonyl (C=O) groups excluding carboxylic acids is 1.